The predicted octanol–water partition coefficient (Wildman–Crippen LogP) is 2.18. The molecule has 2 aliphatic rings. The summed E-state index contributed by atoms with van der Waals surface area (Å²) in [4.78, 5) is 45.3. The lowest BCUT2D eigenvalue weighted by Crippen LogP contribution is -2.51. The van der Waals surface area contributed by atoms with Gasteiger partial charge < -0.3 is 4.90 Å². The second-order valence-electron chi connectivity index (χ2n) is 5.78. The summed E-state index contributed by atoms with van der Waals surface area (Å²) in [5.74, 6) is 0. The Morgan fingerprint density at radius 1 is 0.818 bits per heavy atom. The van der Waals surface area contributed by atoms with E-state index >= 15 is 0 Å². The molecule has 2 heterocycles. The first-order chi connectivity index (χ1) is 10.8. The summed E-state index contributed by atoms with van der Waals surface area (Å²) in [5.41, 5.74) is 0. The molecule has 7 heteroatoms. The van der Waals surface area contributed by atoms with Gasteiger partial charge in [0.05, 0.1) is 0 Å². The number of carbonyl (C=O) groups excluding carboxylic acids is 3. The van der Waals surface area contributed by atoms with Crippen LogP contribution in [0.15, 0.2) is 9.98 Å². The lowest BCUT2D eigenvalue weighted by molar-refractivity contribution is 0.111. The van der Waals surface area contributed by atoms with E-state index in [1.54, 1.807) is 17.1 Å². The van der Waals surface area contributed by atoms with E-state index < -0.39 is 12.3 Å². The van der Waals surface area contributed by atoms with Crippen molar-refractivity contribution in [3.63, 3.8) is 0 Å². The highest BCUT2D eigenvalue weighted by atomic mass is 16.2. The van der Waals surface area contributed by atoms with Crippen LogP contribution < -0.4 is 0 Å². The van der Waals surface area contributed by atoms with E-state index in [-0.39, 0.29) is 6.03 Å². The van der Waals surface area contributed by atoms with Crippen molar-refractivity contribution in [2.45, 2.75) is 63.7 Å². The van der Waals surface area contributed by atoms with Gasteiger partial charge in [0.2, 0.25) is 12.2 Å². The lowest BCUT2D eigenvalue weighted by atomic mass is 10.1. The molecule has 2 bridgehead atoms. The standard InChI is InChI=1S/C15H22N4O3/c20-11-16-13-7-3-1-5-9-18-10-6-2-4-8-14(17-12-21)19(13)15(18)22/h13-14H,1-10H2. The van der Waals surface area contributed by atoms with Crippen molar-refractivity contribution in [2.75, 3.05) is 13.1 Å². The van der Waals surface area contributed by atoms with Crippen LogP contribution in [0.4, 0.5) is 4.79 Å². The van der Waals surface area contributed by atoms with E-state index in [1.165, 1.54) is 4.90 Å². The van der Waals surface area contributed by atoms with Gasteiger partial charge in [-0.15, -0.1) is 0 Å². The Kier molecular flexibility index (Phi) is 6.31. The predicted molar refractivity (Wildman–Crippen MR) is 79.6 cm³/mol. The zero-order chi connectivity index (χ0) is 15.8. The summed E-state index contributed by atoms with van der Waals surface area (Å²) in [6.45, 7) is 1.40. The second-order valence-corrected chi connectivity index (χ2v) is 5.78. The van der Waals surface area contributed by atoms with E-state index in [2.05, 4.69) is 9.98 Å². The SMILES string of the molecule is O=C=NC1CCCCCN2CCCCCC(N=C=O)N1C2=O. The van der Waals surface area contributed by atoms with Crippen molar-refractivity contribution >= 4 is 18.2 Å². The minimum absolute atomic E-state index is 0.184. The van der Waals surface area contributed by atoms with Crippen LogP contribution in [-0.4, -0.2) is 53.4 Å². The Bertz CT molecular complexity index is 447. The van der Waals surface area contributed by atoms with Gasteiger partial charge in [0.15, 0.2) is 0 Å². The van der Waals surface area contributed by atoms with Crippen LogP contribution in [0.1, 0.15) is 51.4 Å². The molecule has 0 aliphatic carbocycles. The summed E-state index contributed by atoms with van der Waals surface area (Å²) in [6, 6.07) is -0.184. The number of aliphatic imine (C=N–C) groups is 2. The van der Waals surface area contributed by atoms with E-state index in [0.717, 1.165) is 38.5 Å². The number of hydrogen-bond donors (Lipinski definition) is 0. The summed E-state index contributed by atoms with van der Waals surface area (Å²) in [5, 5.41) is 0. The average Bonchev–Trinajstić information content (AvgIpc) is 2.62. The third kappa shape index (κ3) is 4.03. The van der Waals surface area contributed by atoms with Gasteiger partial charge in [-0.1, -0.05) is 12.8 Å². The molecule has 2 rings (SSSR count). The average molecular weight is 306 g/mol. The Balaban J connectivity index is 2.40. The van der Waals surface area contributed by atoms with Crippen molar-refractivity contribution < 1.29 is 14.4 Å². The first-order valence-electron chi connectivity index (χ1n) is 7.99. The smallest absolute Gasteiger partial charge is 0.323 e. The molecule has 2 aliphatic heterocycles. The maximum absolute atomic E-state index is 12.9. The molecule has 22 heavy (non-hydrogen) atoms. The van der Waals surface area contributed by atoms with Gasteiger partial charge >= 0.3 is 6.03 Å². The monoisotopic (exact) mass is 306 g/mol. The minimum Gasteiger partial charge on any atom is -0.325 e. The quantitative estimate of drug-likeness (QED) is 0.579. The Morgan fingerprint density at radius 2 is 1.32 bits per heavy atom. The molecule has 0 aromatic rings. The molecule has 0 N–H and O–H groups in total. The number of amides is 2. The van der Waals surface area contributed by atoms with Crippen LogP contribution in [0.5, 0.6) is 0 Å². The van der Waals surface area contributed by atoms with Crippen LogP contribution >= 0.6 is 0 Å². The normalized spacial score (nSPS) is 27.0. The van der Waals surface area contributed by atoms with Gasteiger partial charge in [0.25, 0.3) is 0 Å². The Hall–Kier alpha value is -1.97. The highest BCUT2D eigenvalue weighted by molar-refractivity contribution is 5.75. The van der Waals surface area contributed by atoms with Crippen molar-refractivity contribution in [3.05, 3.63) is 0 Å². The maximum Gasteiger partial charge on any atom is 0.323 e. The third-order valence-corrected chi connectivity index (χ3v) is 4.32. The molecule has 0 spiro atoms. The summed E-state index contributed by atoms with van der Waals surface area (Å²) < 4.78 is 0. The highest BCUT2D eigenvalue weighted by Gasteiger charge is 2.34. The Labute approximate surface area is 130 Å². The van der Waals surface area contributed by atoms with E-state index in [1.807, 2.05) is 0 Å². The minimum atomic E-state index is -0.592. The van der Waals surface area contributed by atoms with E-state index in [0.29, 0.717) is 25.9 Å². The molecule has 0 aromatic carbocycles. The molecule has 0 aromatic heterocycles. The zero-order valence-corrected chi connectivity index (χ0v) is 12.7. The molecule has 0 saturated carbocycles. The van der Waals surface area contributed by atoms with Crippen molar-refractivity contribution in [1.82, 2.24) is 9.80 Å². The molecule has 2 fully saturated rings. The van der Waals surface area contributed by atoms with Gasteiger partial charge in [-0.25, -0.2) is 14.4 Å². The molecule has 7 nitrogen and oxygen atoms in total. The molecular formula is C15H22N4O3. The van der Waals surface area contributed by atoms with E-state index in [4.69, 9.17) is 0 Å². The van der Waals surface area contributed by atoms with Crippen LogP contribution in [0, 0.1) is 0 Å². The number of carbonyl (C=O) groups is 1. The number of rotatable bonds is 2. The van der Waals surface area contributed by atoms with Crippen LogP contribution in [0.2, 0.25) is 0 Å². The molecule has 120 valence electrons. The topological polar surface area (TPSA) is 82.4 Å². The number of nitrogens with zero attached hydrogens (tertiary/aromatic N) is 4. The van der Waals surface area contributed by atoms with Crippen molar-refractivity contribution in [2.24, 2.45) is 9.98 Å². The second kappa shape index (κ2) is 8.47. The van der Waals surface area contributed by atoms with Gasteiger partial charge in [0.1, 0.15) is 12.3 Å². The molecule has 0 radical (unpaired) electrons. The fraction of sp³-hybridized carbons (Fsp3) is 0.800. The first kappa shape index (κ1) is 16.4. The van der Waals surface area contributed by atoms with E-state index in [9.17, 15) is 14.4 Å². The van der Waals surface area contributed by atoms with Crippen LogP contribution in [0.3, 0.4) is 0 Å². The molecule has 2 saturated heterocycles. The fourth-order valence-electron chi connectivity index (χ4n) is 3.19. The summed E-state index contributed by atoms with van der Waals surface area (Å²) >= 11 is 0. The highest BCUT2D eigenvalue weighted by Crippen LogP contribution is 2.24. The van der Waals surface area contributed by atoms with Gasteiger partial charge in [-0.3, -0.25) is 4.90 Å². The number of urea groups is 1. The van der Waals surface area contributed by atoms with Crippen molar-refractivity contribution in [3.8, 4) is 0 Å². The van der Waals surface area contributed by atoms with Gasteiger partial charge in [-0.05, 0) is 38.5 Å². The lowest BCUT2D eigenvalue weighted by Gasteiger charge is -2.35. The van der Waals surface area contributed by atoms with Gasteiger partial charge in [-0.2, -0.15) is 9.98 Å². The van der Waals surface area contributed by atoms with Gasteiger partial charge in [0, 0.05) is 13.1 Å². The van der Waals surface area contributed by atoms with Crippen LogP contribution in [0.25, 0.3) is 0 Å². The van der Waals surface area contributed by atoms with Crippen LogP contribution in [-0.2, 0) is 9.59 Å². The fourth-order valence-corrected chi connectivity index (χ4v) is 3.19. The largest absolute Gasteiger partial charge is 0.325 e. The molecule has 2 atom stereocenters. The number of fused-ring (bicyclic) bond motifs is 2. The Morgan fingerprint density at radius 3 is 1.77 bits per heavy atom. The number of isocyanates is 2. The third-order valence-electron chi connectivity index (χ3n) is 4.32. The molecule has 2 amide bonds. The van der Waals surface area contributed by atoms with Crippen molar-refractivity contribution in [1.29, 1.82) is 0 Å². The summed E-state index contributed by atoms with van der Waals surface area (Å²) in [7, 11) is 0. The zero-order valence-electron chi connectivity index (χ0n) is 12.7. The first-order valence-corrected chi connectivity index (χ1v) is 7.99. The molecular weight excluding hydrogens is 284 g/mol. The number of hydrogen-bond acceptors (Lipinski definition) is 5. The molecule has 2 unspecified atom stereocenters. The summed E-state index contributed by atoms with van der Waals surface area (Å²) in [6.07, 6.45) is 8.77. The maximum atomic E-state index is 12.9.